The van der Waals surface area contributed by atoms with E-state index in [9.17, 15) is 9.59 Å². The third-order valence-corrected chi connectivity index (χ3v) is 6.69. The molecule has 0 radical (unpaired) electrons. The Bertz CT molecular complexity index is 858. The summed E-state index contributed by atoms with van der Waals surface area (Å²) in [4.78, 5) is 31.2. The Morgan fingerprint density at radius 1 is 1.03 bits per heavy atom. The number of guanidine groups is 1. The summed E-state index contributed by atoms with van der Waals surface area (Å²) in [5.74, 6) is 0.941. The number of aliphatic imine (C=N–C) groups is 1. The van der Waals surface area contributed by atoms with Crippen LogP contribution in [0.25, 0.3) is 0 Å². The number of hydrogen-bond donors (Lipinski definition) is 2. The number of nitrogens with zero attached hydrogens (tertiary/aromatic N) is 2. The number of nitrogens with one attached hydrogen (secondary N) is 2. The van der Waals surface area contributed by atoms with Gasteiger partial charge in [-0.15, -0.1) is 24.0 Å². The molecule has 4 atom stereocenters. The van der Waals surface area contributed by atoms with Gasteiger partial charge in [0.2, 0.25) is 11.8 Å². The van der Waals surface area contributed by atoms with E-state index in [-0.39, 0.29) is 64.9 Å². The molecule has 3 aliphatic rings. The Balaban J connectivity index is 0.00000272. The van der Waals surface area contributed by atoms with Crippen molar-refractivity contribution in [1.29, 1.82) is 0 Å². The summed E-state index contributed by atoms with van der Waals surface area (Å²) < 4.78 is 0. The molecular weight excluding hydrogens is 503 g/mol. The minimum Gasteiger partial charge on any atom is -0.355 e. The van der Waals surface area contributed by atoms with Gasteiger partial charge in [-0.05, 0) is 34.8 Å². The monoisotopic (exact) mass is 536 g/mol. The van der Waals surface area contributed by atoms with Gasteiger partial charge < -0.3 is 10.6 Å². The fraction of sp³-hybridized carbons (Fsp3) is 0.542. The Kier molecular flexibility index (Phi) is 7.13. The third-order valence-electron chi connectivity index (χ3n) is 6.69. The van der Waals surface area contributed by atoms with E-state index < -0.39 is 0 Å². The molecule has 168 valence electrons. The first-order valence-electron chi connectivity index (χ1n) is 10.9. The molecule has 1 aliphatic heterocycles. The molecule has 1 heterocycles. The molecule has 4 rings (SSSR count). The lowest BCUT2D eigenvalue weighted by atomic mass is 9.85. The van der Waals surface area contributed by atoms with Crippen LogP contribution in [-0.4, -0.2) is 42.8 Å². The maximum atomic E-state index is 12.7. The fourth-order valence-electron chi connectivity index (χ4n) is 5.00. The first-order valence-corrected chi connectivity index (χ1v) is 10.9. The molecule has 1 aromatic rings. The standard InChI is InChI=1S/C24H32N4O2.HI/c1-24(2,3)18-9-5-15(6-10-18)14-27-23(25-4)26-11-12-28-21(29)19-16-7-8-17(13-16)20(19)22(28)30;/h5-10,16-17,19-20H,11-14H2,1-4H3,(H2,25,26,27);1H. The second-order valence-corrected chi connectivity index (χ2v) is 9.63. The number of rotatable bonds is 5. The van der Waals surface area contributed by atoms with Gasteiger partial charge in [0.1, 0.15) is 0 Å². The minimum atomic E-state index is -0.124. The molecule has 1 saturated heterocycles. The van der Waals surface area contributed by atoms with Gasteiger partial charge in [0.05, 0.1) is 11.8 Å². The zero-order valence-corrected chi connectivity index (χ0v) is 21.1. The number of carbonyl (C=O) groups is 2. The quantitative estimate of drug-likeness (QED) is 0.200. The van der Waals surface area contributed by atoms with Crippen LogP contribution in [0.1, 0.15) is 38.3 Å². The van der Waals surface area contributed by atoms with Crippen molar-refractivity contribution in [3.8, 4) is 0 Å². The molecule has 2 amide bonds. The van der Waals surface area contributed by atoms with Gasteiger partial charge in [0.15, 0.2) is 5.96 Å². The van der Waals surface area contributed by atoms with Crippen LogP contribution in [0.15, 0.2) is 41.4 Å². The Morgan fingerprint density at radius 3 is 2.13 bits per heavy atom. The largest absolute Gasteiger partial charge is 0.355 e. The summed E-state index contributed by atoms with van der Waals surface area (Å²) in [6.07, 6.45) is 5.21. The molecule has 4 unspecified atom stereocenters. The van der Waals surface area contributed by atoms with Crippen LogP contribution < -0.4 is 10.6 Å². The molecule has 7 heteroatoms. The minimum absolute atomic E-state index is 0. The zero-order valence-electron chi connectivity index (χ0n) is 18.7. The van der Waals surface area contributed by atoms with Crippen molar-refractivity contribution in [1.82, 2.24) is 15.5 Å². The predicted molar refractivity (Wildman–Crippen MR) is 133 cm³/mol. The molecule has 1 saturated carbocycles. The number of amides is 2. The van der Waals surface area contributed by atoms with Crippen LogP contribution in [0, 0.1) is 23.7 Å². The van der Waals surface area contributed by atoms with Crippen LogP contribution in [0.4, 0.5) is 0 Å². The number of imide groups is 1. The van der Waals surface area contributed by atoms with Gasteiger partial charge in [-0.1, -0.05) is 57.2 Å². The number of carbonyl (C=O) groups excluding carboxylic acids is 2. The van der Waals surface area contributed by atoms with E-state index in [1.807, 2.05) is 0 Å². The van der Waals surface area contributed by atoms with Crippen LogP contribution >= 0.6 is 24.0 Å². The third kappa shape index (κ3) is 4.66. The smallest absolute Gasteiger partial charge is 0.233 e. The van der Waals surface area contributed by atoms with Crippen molar-refractivity contribution >= 4 is 41.8 Å². The van der Waals surface area contributed by atoms with E-state index in [2.05, 4.69) is 72.8 Å². The van der Waals surface area contributed by atoms with Crippen molar-refractivity contribution in [2.45, 2.75) is 39.2 Å². The average molecular weight is 536 g/mol. The highest BCUT2D eigenvalue weighted by molar-refractivity contribution is 14.0. The molecule has 0 spiro atoms. The normalized spacial score (nSPS) is 26.8. The number of fused-ring (bicyclic) bond motifs is 5. The highest BCUT2D eigenvalue weighted by Gasteiger charge is 2.58. The predicted octanol–water partition coefficient (Wildman–Crippen LogP) is 3.07. The topological polar surface area (TPSA) is 73.8 Å². The lowest BCUT2D eigenvalue weighted by Crippen LogP contribution is -2.43. The second kappa shape index (κ2) is 9.30. The lowest BCUT2D eigenvalue weighted by Gasteiger charge is -2.20. The van der Waals surface area contributed by atoms with Crippen LogP contribution in [0.3, 0.4) is 0 Å². The highest BCUT2D eigenvalue weighted by atomic mass is 127. The van der Waals surface area contributed by atoms with Gasteiger partial charge in [0, 0.05) is 26.7 Å². The van der Waals surface area contributed by atoms with Gasteiger partial charge in [-0.3, -0.25) is 19.5 Å². The maximum absolute atomic E-state index is 12.7. The Labute approximate surface area is 202 Å². The van der Waals surface area contributed by atoms with Gasteiger partial charge in [-0.2, -0.15) is 0 Å². The first-order chi connectivity index (χ1) is 14.3. The van der Waals surface area contributed by atoms with Crippen molar-refractivity contribution in [2.24, 2.45) is 28.7 Å². The van der Waals surface area contributed by atoms with Crippen molar-refractivity contribution < 1.29 is 9.59 Å². The van der Waals surface area contributed by atoms with Crippen LogP contribution in [0.2, 0.25) is 0 Å². The molecule has 31 heavy (non-hydrogen) atoms. The lowest BCUT2D eigenvalue weighted by molar-refractivity contribution is -0.140. The second-order valence-electron chi connectivity index (χ2n) is 9.63. The Morgan fingerprint density at radius 2 is 1.61 bits per heavy atom. The van der Waals surface area contributed by atoms with Gasteiger partial charge >= 0.3 is 0 Å². The van der Waals surface area contributed by atoms with Crippen molar-refractivity contribution in [3.63, 3.8) is 0 Å². The summed E-state index contributed by atoms with van der Waals surface area (Å²) in [5.41, 5.74) is 2.62. The number of halogens is 1. The van der Waals surface area contributed by atoms with E-state index in [1.165, 1.54) is 16.0 Å². The fourth-order valence-corrected chi connectivity index (χ4v) is 5.00. The molecule has 1 aromatic carbocycles. The van der Waals surface area contributed by atoms with E-state index in [1.54, 1.807) is 7.05 Å². The number of allylic oxidation sites excluding steroid dienone is 2. The SMILES string of the molecule is CN=C(NCCN1C(=O)C2C3C=CC(C3)C2C1=O)NCc1ccc(C(C)(C)C)cc1.I. The summed E-state index contributed by atoms with van der Waals surface area (Å²) in [5, 5.41) is 6.52. The van der Waals surface area contributed by atoms with Crippen molar-refractivity contribution in [3.05, 3.63) is 47.5 Å². The average Bonchev–Trinajstić information content (AvgIpc) is 3.39. The van der Waals surface area contributed by atoms with E-state index in [0.717, 1.165) is 6.42 Å². The first kappa shape index (κ1) is 23.8. The summed E-state index contributed by atoms with van der Waals surface area (Å²) in [6, 6.07) is 8.58. The summed E-state index contributed by atoms with van der Waals surface area (Å²) in [6.45, 7) is 8.14. The van der Waals surface area contributed by atoms with Gasteiger partial charge in [-0.25, -0.2) is 0 Å². The van der Waals surface area contributed by atoms with Gasteiger partial charge in [0.25, 0.3) is 0 Å². The number of hydrogen-bond acceptors (Lipinski definition) is 3. The van der Waals surface area contributed by atoms with Crippen LogP contribution in [-0.2, 0) is 21.5 Å². The summed E-state index contributed by atoms with van der Waals surface area (Å²) >= 11 is 0. The number of likely N-dealkylation sites (tertiary alicyclic amines) is 1. The highest BCUT2D eigenvalue weighted by Crippen LogP contribution is 2.52. The zero-order chi connectivity index (χ0) is 21.5. The van der Waals surface area contributed by atoms with E-state index in [0.29, 0.717) is 25.6 Å². The van der Waals surface area contributed by atoms with Crippen molar-refractivity contribution in [2.75, 3.05) is 20.1 Å². The molecule has 2 N–H and O–H groups in total. The summed E-state index contributed by atoms with van der Waals surface area (Å²) in [7, 11) is 1.72. The van der Waals surface area contributed by atoms with Crippen LogP contribution in [0.5, 0.6) is 0 Å². The molecule has 6 nitrogen and oxygen atoms in total. The van der Waals surface area contributed by atoms with E-state index >= 15 is 0 Å². The molecule has 2 aliphatic carbocycles. The molecule has 2 bridgehead atoms. The van der Waals surface area contributed by atoms with E-state index in [4.69, 9.17) is 0 Å². The molecular formula is C24H33IN4O2. The molecule has 0 aromatic heterocycles. The molecule has 2 fully saturated rings. The maximum Gasteiger partial charge on any atom is 0.233 e. The Hall–Kier alpha value is -1.90. The number of benzene rings is 1.